The number of aromatic hydroxyl groups is 1. The number of hydrogen-bond acceptors (Lipinski definition) is 4. The first-order chi connectivity index (χ1) is 8.33. The Morgan fingerprint density at radius 2 is 2.12 bits per heavy atom. The minimum atomic E-state index is 0.251. The van der Waals surface area contributed by atoms with Crippen LogP contribution in [0.2, 0.25) is 0 Å². The summed E-state index contributed by atoms with van der Waals surface area (Å²) in [6, 6.07) is 7.18. The van der Waals surface area contributed by atoms with Crippen LogP contribution in [0.4, 0.5) is 0 Å². The molecule has 2 N–H and O–H groups in total. The first-order valence-electron chi connectivity index (χ1n) is 5.81. The largest absolute Gasteiger partial charge is 0.508 e. The van der Waals surface area contributed by atoms with Crippen molar-refractivity contribution in [1.29, 1.82) is 0 Å². The van der Waals surface area contributed by atoms with Gasteiger partial charge < -0.3 is 14.8 Å². The van der Waals surface area contributed by atoms with Crippen LogP contribution < -0.4 is 5.32 Å². The monoisotopic (exact) mass is 230 g/mol. The van der Waals surface area contributed by atoms with Crippen molar-refractivity contribution in [2.75, 3.05) is 6.54 Å². The molecule has 1 aromatic carbocycles. The van der Waals surface area contributed by atoms with E-state index in [0.29, 0.717) is 0 Å². The van der Waals surface area contributed by atoms with Gasteiger partial charge in [0, 0.05) is 5.56 Å². The summed E-state index contributed by atoms with van der Waals surface area (Å²) in [7, 11) is 0. The van der Waals surface area contributed by atoms with Gasteiger partial charge in [0.25, 0.3) is 0 Å². The second kappa shape index (κ2) is 4.22. The summed E-state index contributed by atoms with van der Waals surface area (Å²) in [5.41, 5.74) is 0.930. The molecule has 17 heavy (non-hydrogen) atoms. The third-order valence-corrected chi connectivity index (χ3v) is 3.03. The fraction of sp³-hybridized carbons (Fsp3) is 0.308. The average molecular weight is 230 g/mol. The predicted octanol–water partition coefficient (Wildman–Crippen LogP) is 2.47. The van der Waals surface area contributed by atoms with Crippen LogP contribution in [0.1, 0.15) is 24.8 Å². The summed E-state index contributed by atoms with van der Waals surface area (Å²) in [5.74, 6) is 1.75. The molecule has 4 nitrogen and oxygen atoms in total. The molecule has 4 heteroatoms. The highest BCUT2D eigenvalue weighted by Gasteiger charge is 2.21. The Morgan fingerprint density at radius 1 is 1.29 bits per heavy atom. The molecule has 0 saturated carbocycles. The molecule has 3 rings (SSSR count). The number of benzene rings is 1. The van der Waals surface area contributed by atoms with E-state index in [9.17, 15) is 5.11 Å². The second-order valence-corrected chi connectivity index (χ2v) is 4.26. The number of aromatic nitrogens is 1. The van der Waals surface area contributed by atoms with Crippen molar-refractivity contribution in [3.63, 3.8) is 0 Å². The highest BCUT2D eigenvalue weighted by Crippen LogP contribution is 2.27. The lowest BCUT2D eigenvalue weighted by Crippen LogP contribution is -2.12. The molecule has 1 fully saturated rings. The van der Waals surface area contributed by atoms with E-state index in [-0.39, 0.29) is 11.8 Å². The van der Waals surface area contributed by atoms with Crippen molar-refractivity contribution in [2.24, 2.45) is 0 Å². The van der Waals surface area contributed by atoms with Gasteiger partial charge in [-0.3, -0.25) is 0 Å². The Kier molecular flexibility index (Phi) is 2.57. The van der Waals surface area contributed by atoms with Crippen LogP contribution in [0.25, 0.3) is 11.3 Å². The van der Waals surface area contributed by atoms with Crippen LogP contribution in [0, 0.1) is 0 Å². The Balaban J connectivity index is 1.86. The van der Waals surface area contributed by atoms with E-state index >= 15 is 0 Å². The Hall–Kier alpha value is -1.81. The van der Waals surface area contributed by atoms with E-state index in [1.165, 1.54) is 6.42 Å². The van der Waals surface area contributed by atoms with Crippen molar-refractivity contribution in [2.45, 2.75) is 18.9 Å². The molecule has 1 aliphatic rings. The van der Waals surface area contributed by atoms with Gasteiger partial charge in [-0.25, -0.2) is 4.98 Å². The summed E-state index contributed by atoms with van der Waals surface area (Å²) in [4.78, 5) is 4.31. The standard InChI is InChI=1S/C13H14N2O2/c16-10-5-3-9(4-6-10)12-8-15-13(17-12)11-2-1-7-14-11/h3-6,8,11,14,16H,1-2,7H2. The fourth-order valence-corrected chi connectivity index (χ4v) is 2.10. The molecule has 2 aromatic rings. The van der Waals surface area contributed by atoms with Gasteiger partial charge in [-0.05, 0) is 43.7 Å². The molecule has 0 bridgehead atoms. The van der Waals surface area contributed by atoms with Crippen LogP contribution in [-0.2, 0) is 0 Å². The minimum Gasteiger partial charge on any atom is -0.508 e. The van der Waals surface area contributed by atoms with Gasteiger partial charge in [0.1, 0.15) is 5.75 Å². The molecule has 1 atom stereocenters. The molecule has 0 radical (unpaired) electrons. The average Bonchev–Trinajstić information content (AvgIpc) is 3.00. The Morgan fingerprint density at radius 3 is 2.82 bits per heavy atom. The quantitative estimate of drug-likeness (QED) is 0.832. The summed E-state index contributed by atoms with van der Waals surface area (Å²) in [6.07, 6.45) is 3.98. The number of phenols is 1. The second-order valence-electron chi connectivity index (χ2n) is 4.26. The molecular formula is C13H14N2O2. The number of oxazole rings is 1. The zero-order chi connectivity index (χ0) is 11.7. The van der Waals surface area contributed by atoms with Gasteiger partial charge in [0.2, 0.25) is 5.89 Å². The van der Waals surface area contributed by atoms with Crippen molar-refractivity contribution in [3.05, 3.63) is 36.4 Å². The van der Waals surface area contributed by atoms with E-state index < -0.39 is 0 Å². The SMILES string of the molecule is Oc1ccc(-c2cnc(C3CCCN3)o2)cc1. The number of hydrogen-bond donors (Lipinski definition) is 2. The number of nitrogens with zero attached hydrogens (tertiary/aromatic N) is 1. The summed E-state index contributed by atoms with van der Waals surface area (Å²) >= 11 is 0. The van der Waals surface area contributed by atoms with Gasteiger partial charge in [-0.15, -0.1) is 0 Å². The number of nitrogens with one attached hydrogen (secondary N) is 1. The molecule has 0 amide bonds. The molecule has 88 valence electrons. The Labute approximate surface area is 99.3 Å². The molecule has 1 unspecified atom stereocenters. The summed E-state index contributed by atoms with van der Waals surface area (Å²) in [5, 5.41) is 12.6. The lowest BCUT2D eigenvalue weighted by atomic mass is 10.2. The maximum atomic E-state index is 9.23. The van der Waals surface area contributed by atoms with Crippen LogP contribution >= 0.6 is 0 Å². The minimum absolute atomic E-state index is 0.251. The van der Waals surface area contributed by atoms with E-state index in [1.54, 1.807) is 18.3 Å². The maximum absolute atomic E-state index is 9.23. The molecule has 1 aliphatic heterocycles. The van der Waals surface area contributed by atoms with Gasteiger partial charge in [0.05, 0.1) is 12.2 Å². The summed E-state index contributed by atoms with van der Waals surface area (Å²) < 4.78 is 5.74. The van der Waals surface area contributed by atoms with Crippen molar-refractivity contribution in [1.82, 2.24) is 10.3 Å². The molecule has 2 heterocycles. The van der Waals surface area contributed by atoms with Crippen LogP contribution in [0.15, 0.2) is 34.9 Å². The molecular weight excluding hydrogens is 216 g/mol. The maximum Gasteiger partial charge on any atom is 0.212 e. The van der Waals surface area contributed by atoms with Crippen molar-refractivity contribution >= 4 is 0 Å². The number of phenolic OH excluding ortho intramolecular Hbond substituents is 1. The third kappa shape index (κ3) is 2.03. The zero-order valence-electron chi connectivity index (χ0n) is 9.39. The topological polar surface area (TPSA) is 58.3 Å². The van der Waals surface area contributed by atoms with Gasteiger partial charge in [-0.2, -0.15) is 0 Å². The first-order valence-corrected chi connectivity index (χ1v) is 5.81. The van der Waals surface area contributed by atoms with E-state index in [1.807, 2.05) is 12.1 Å². The van der Waals surface area contributed by atoms with E-state index in [4.69, 9.17) is 4.42 Å². The van der Waals surface area contributed by atoms with E-state index in [2.05, 4.69) is 10.3 Å². The first kappa shape index (κ1) is 10.4. The molecule has 1 aromatic heterocycles. The lowest BCUT2D eigenvalue weighted by molar-refractivity contribution is 0.437. The molecule has 0 spiro atoms. The predicted molar refractivity (Wildman–Crippen MR) is 63.6 cm³/mol. The number of rotatable bonds is 2. The van der Waals surface area contributed by atoms with Crippen LogP contribution in [0.5, 0.6) is 5.75 Å². The zero-order valence-corrected chi connectivity index (χ0v) is 9.39. The fourth-order valence-electron chi connectivity index (χ4n) is 2.10. The molecule has 1 saturated heterocycles. The smallest absolute Gasteiger partial charge is 0.212 e. The van der Waals surface area contributed by atoms with Gasteiger partial charge >= 0.3 is 0 Å². The highest BCUT2D eigenvalue weighted by atomic mass is 16.4. The van der Waals surface area contributed by atoms with E-state index in [0.717, 1.165) is 30.2 Å². The summed E-state index contributed by atoms with van der Waals surface area (Å²) in [6.45, 7) is 1.03. The third-order valence-electron chi connectivity index (χ3n) is 3.03. The highest BCUT2D eigenvalue weighted by molar-refractivity contribution is 5.57. The Bertz CT molecular complexity index is 498. The van der Waals surface area contributed by atoms with Gasteiger partial charge in [0.15, 0.2) is 5.76 Å². The van der Waals surface area contributed by atoms with Crippen LogP contribution in [0.3, 0.4) is 0 Å². The van der Waals surface area contributed by atoms with Gasteiger partial charge in [-0.1, -0.05) is 0 Å². The molecule has 0 aliphatic carbocycles. The van der Waals surface area contributed by atoms with Crippen molar-refractivity contribution < 1.29 is 9.52 Å². The lowest BCUT2D eigenvalue weighted by Gasteiger charge is -2.03. The normalized spacial score (nSPS) is 19.6. The van der Waals surface area contributed by atoms with Crippen LogP contribution in [-0.4, -0.2) is 16.6 Å². The van der Waals surface area contributed by atoms with Crippen molar-refractivity contribution in [3.8, 4) is 17.1 Å².